The van der Waals surface area contributed by atoms with Gasteiger partial charge < -0.3 is 21.6 Å². The van der Waals surface area contributed by atoms with Crippen molar-refractivity contribution in [1.82, 2.24) is 20.2 Å². The Hall–Kier alpha value is -2.84. The van der Waals surface area contributed by atoms with Gasteiger partial charge in [-0.2, -0.15) is 0 Å². The lowest BCUT2D eigenvalue weighted by Crippen LogP contribution is -2.41. The molecule has 1 amide bonds. The normalized spacial score (nSPS) is 15.3. The van der Waals surface area contributed by atoms with Crippen molar-refractivity contribution in [3.63, 3.8) is 0 Å². The smallest absolute Gasteiger partial charge is 0.237 e. The molecule has 1 aromatic rings. The summed E-state index contributed by atoms with van der Waals surface area (Å²) < 4.78 is 0. The summed E-state index contributed by atoms with van der Waals surface area (Å²) in [4.78, 5) is 31.4. The van der Waals surface area contributed by atoms with Crippen LogP contribution in [0.15, 0.2) is 42.2 Å². The molecule has 0 unspecified atom stereocenters. The number of hydrogen-bond donors (Lipinski definition) is 3. The highest BCUT2D eigenvalue weighted by Crippen LogP contribution is 2.18. The second kappa shape index (κ2) is 19.5. The number of nitrogens with two attached hydrogens (primary N) is 2. The number of carbonyl (C=O) groups excluding carboxylic acids is 2. The molecule has 1 heterocycles. The number of amides is 1. The second-order valence-corrected chi connectivity index (χ2v) is 8.22. The summed E-state index contributed by atoms with van der Waals surface area (Å²) in [5.74, 6) is 0.498. The summed E-state index contributed by atoms with van der Waals surface area (Å²) in [6, 6.07) is -0.350. The summed E-state index contributed by atoms with van der Waals surface area (Å²) in [5, 5.41) is 2.62. The van der Waals surface area contributed by atoms with Gasteiger partial charge in [-0.25, -0.2) is 9.97 Å². The molecule has 196 valence electrons. The van der Waals surface area contributed by atoms with Crippen molar-refractivity contribution in [1.29, 1.82) is 0 Å². The minimum absolute atomic E-state index is 0.0185. The number of hydrogen-bond acceptors (Lipinski definition) is 7. The number of likely N-dealkylation sites (N-methyl/N-ethyl adjacent to an activating group) is 2. The van der Waals surface area contributed by atoms with E-state index in [-0.39, 0.29) is 18.0 Å². The average Bonchev–Trinajstić information content (AvgIpc) is 3.14. The third kappa shape index (κ3) is 13.6. The van der Waals surface area contributed by atoms with Crippen LogP contribution in [-0.4, -0.2) is 60.3 Å². The zero-order chi connectivity index (χ0) is 26.6. The van der Waals surface area contributed by atoms with Crippen LogP contribution in [0, 0.1) is 0 Å². The molecular formula is C27H46N6O2. The molecule has 3 rings (SSSR count). The molecule has 2 aliphatic carbocycles. The first-order valence-corrected chi connectivity index (χ1v) is 12.5. The highest BCUT2D eigenvalue weighted by molar-refractivity contribution is 5.81. The highest BCUT2D eigenvalue weighted by Gasteiger charge is 2.15. The van der Waals surface area contributed by atoms with Crippen molar-refractivity contribution >= 4 is 18.1 Å². The van der Waals surface area contributed by atoms with Gasteiger partial charge >= 0.3 is 0 Å². The number of aldehydes is 1. The van der Waals surface area contributed by atoms with E-state index >= 15 is 0 Å². The number of rotatable bonds is 6. The van der Waals surface area contributed by atoms with Gasteiger partial charge in [0.15, 0.2) is 0 Å². The van der Waals surface area contributed by atoms with E-state index in [9.17, 15) is 9.59 Å². The third-order valence-electron chi connectivity index (χ3n) is 5.34. The van der Waals surface area contributed by atoms with Gasteiger partial charge in [0, 0.05) is 18.9 Å². The zero-order valence-electron chi connectivity index (χ0n) is 22.5. The van der Waals surface area contributed by atoms with Crippen LogP contribution in [0.4, 0.5) is 5.95 Å². The van der Waals surface area contributed by atoms with Crippen LogP contribution in [0.1, 0.15) is 64.1 Å². The van der Waals surface area contributed by atoms with E-state index in [0.29, 0.717) is 12.4 Å². The molecule has 0 spiro atoms. The number of carbonyl (C=O) groups is 2. The number of fused-ring (bicyclic) bond motifs is 1. The molecule has 0 fully saturated rings. The maximum atomic E-state index is 11.0. The minimum atomic E-state index is -0.368. The lowest BCUT2D eigenvalue weighted by molar-refractivity contribution is -0.125. The molecule has 35 heavy (non-hydrogen) atoms. The van der Waals surface area contributed by atoms with Crippen molar-refractivity contribution in [2.24, 2.45) is 5.73 Å². The summed E-state index contributed by atoms with van der Waals surface area (Å²) in [7, 11) is 5.47. The van der Waals surface area contributed by atoms with E-state index in [4.69, 9.17) is 11.5 Å². The van der Waals surface area contributed by atoms with Gasteiger partial charge in [0.25, 0.3) is 0 Å². The van der Waals surface area contributed by atoms with Crippen LogP contribution >= 0.6 is 0 Å². The Morgan fingerprint density at radius 3 is 2.49 bits per heavy atom. The van der Waals surface area contributed by atoms with E-state index in [1.165, 1.54) is 18.4 Å². The van der Waals surface area contributed by atoms with Crippen molar-refractivity contribution in [3.05, 3.63) is 53.4 Å². The third-order valence-corrected chi connectivity index (χ3v) is 5.34. The first kappa shape index (κ1) is 32.2. The molecule has 0 saturated carbocycles. The maximum absolute atomic E-state index is 11.0. The van der Waals surface area contributed by atoms with Crippen LogP contribution in [0.5, 0.6) is 0 Å². The Kier molecular flexibility index (Phi) is 17.9. The minimum Gasteiger partial charge on any atom is -0.368 e. The first-order valence-electron chi connectivity index (χ1n) is 12.5. The average molecular weight is 487 g/mol. The molecule has 8 nitrogen and oxygen atoms in total. The topological polar surface area (TPSA) is 127 Å². The Balaban J connectivity index is 0.000000480. The summed E-state index contributed by atoms with van der Waals surface area (Å²) in [6.45, 7) is 6.00. The maximum Gasteiger partial charge on any atom is 0.237 e. The van der Waals surface area contributed by atoms with Gasteiger partial charge in [0.2, 0.25) is 11.9 Å². The molecule has 2 atom stereocenters. The fourth-order valence-electron chi connectivity index (χ4n) is 3.52. The van der Waals surface area contributed by atoms with Crippen LogP contribution in [0.25, 0.3) is 0 Å². The summed E-state index contributed by atoms with van der Waals surface area (Å²) in [5.41, 5.74) is 14.5. The van der Waals surface area contributed by atoms with E-state index in [0.717, 1.165) is 43.2 Å². The number of nitrogens with one attached hydrogen (secondary N) is 1. The van der Waals surface area contributed by atoms with Gasteiger partial charge in [-0.15, -0.1) is 0 Å². The standard InChI is InChI=1S/C10H13NO.C8H11N3.C7H16N2O.C2H6/c11-10(8-12)7-9-5-3-1-2-4-6-9;9-8-10-5-6-3-1-2-4-7(6)11-8;1-5-6(9(3)4)7(10)8-2;1-2/h1,3-6,8,10H,2,7,11H2;5H,1-4H2,(H2,9,10,11);6H,5H2,1-4H3,(H,8,10);1-2H3/t10-;;6-;/m1.0./s1. The molecule has 0 bridgehead atoms. The van der Waals surface area contributed by atoms with Crippen LogP contribution in [0.2, 0.25) is 0 Å². The molecule has 1 aromatic heterocycles. The molecule has 0 aliphatic heterocycles. The predicted molar refractivity (Wildman–Crippen MR) is 146 cm³/mol. The first-order chi connectivity index (χ1) is 16.8. The lowest BCUT2D eigenvalue weighted by atomic mass is 9.98. The molecule has 0 radical (unpaired) electrons. The van der Waals surface area contributed by atoms with E-state index in [1.54, 1.807) is 7.05 Å². The van der Waals surface area contributed by atoms with E-state index < -0.39 is 0 Å². The van der Waals surface area contributed by atoms with E-state index in [2.05, 4.69) is 27.4 Å². The molecule has 2 aliphatic rings. The van der Waals surface area contributed by atoms with Crippen molar-refractivity contribution < 1.29 is 9.59 Å². The molecule has 0 aromatic carbocycles. The molecular weight excluding hydrogens is 440 g/mol. The number of aromatic nitrogens is 2. The lowest BCUT2D eigenvalue weighted by Gasteiger charge is -2.20. The predicted octanol–water partition coefficient (Wildman–Crippen LogP) is 3.38. The SMILES string of the molecule is CC.CC[C@@H](C(=O)NC)N(C)C.N[C@@H](C=O)CC1=CC=CCC=C1.Nc1ncc2c(n1)CCCC2. The van der Waals surface area contributed by atoms with E-state index in [1.807, 2.05) is 64.2 Å². The van der Waals surface area contributed by atoms with Gasteiger partial charge in [-0.1, -0.05) is 51.2 Å². The van der Waals surface area contributed by atoms with Crippen molar-refractivity contribution in [3.8, 4) is 0 Å². The van der Waals surface area contributed by atoms with Gasteiger partial charge in [0.05, 0.1) is 12.1 Å². The van der Waals surface area contributed by atoms with Crippen molar-refractivity contribution in [2.45, 2.75) is 77.8 Å². The fourth-order valence-corrected chi connectivity index (χ4v) is 3.52. The van der Waals surface area contributed by atoms with Gasteiger partial charge in [-0.05, 0) is 70.2 Å². The largest absolute Gasteiger partial charge is 0.368 e. The van der Waals surface area contributed by atoms with Gasteiger partial charge in [-0.3, -0.25) is 9.69 Å². The fraction of sp³-hybridized carbons (Fsp3) is 0.556. The quantitative estimate of drug-likeness (QED) is 0.526. The zero-order valence-corrected chi connectivity index (χ0v) is 22.5. The van der Waals surface area contributed by atoms with Crippen LogP contribution in [-0.2, 0) is 22.4 Å². The number of aryl methyl sites for hydroxylation is 2. The summed E-state index contributed by atoms with van der Waals surface area (Å²) in [6.07, 6.45) is 19.9. The Labute approximate surface area is 212 Å². The number of nitrogen functional groups attached to an aromatic ring is 1. The number of allylic oxidation sites excluding steroid dienone is 5. The monoisotopic (exact) mass is 486 g/mol. The number of anilines is 1. The Morgan fingerprint density at radius 2 is 1.91 bits per heavy atom. The molecule has 5 N–H and O–H groups in total. The van der Waals surface area contributed by atoms with Crippen molar-refractivity contribution in [2.75, 3.05) is 26.9 Å². The molecule has 8 heteroatoms. The Bertz CT molecular complexity index is 833. The van der Waals surface area contributed by atoms with Crippen LogP contribution < -0.4 is 16.8 Å². The Morgan fingerprint density at radius 1 is 1.23 bits per heavy atom. The number of nitrogens with zero attached hydrogens (tertiary/aromatic N) is 3. The van der Waals surface area contributed by atoms with Gasteiger partial charge in [0.1, 0.15) is 6.29 Å². The summed E-state index contributed by atoms with van der Waals surface area (Å²) >= 11 is 0. The highest BCUT2D eigenvalue weighted by atomic mass is 16.2. The second-order valence-electron chi connectivity index (χ2n) is 8.22. The van der Waals surface area contributed by atoms with Crippen LogP contribution in [0.3, 0.4) is 0 Å². The molecule has 0 saturated heterocycles.